The molecule has 1 amide bonds. The molecule has 0 aromatic heterocycles. The summed E-state index contributed by atoms with van der Waals surface area (Å²) in [6.45, 7) is 2.27. The summed E-state index contributed by atoms with van der Waals surface area (Å²) < 4.78 is 11.0. The highest BCUT2D eigenvalue weighted by Gasteiger charge is 2.13. The summed E-state index contributed by atoms with van der Waals surface area (Å²) in [5.74, 6) is -0.0784. The van der Waals surface area contributed by atoms with E-state index in [2.05, 4.69) is 5.32 Å². The molecule has 3 aromatic carbocycles. The van der Waals surface area contributed by atoms with Gasteiger partial charge in [0.25, 0.3) is 5.91 Å². The smallest absolute Gasteiger partial charge is 0.335 e. The average molecular weight is 440 g/mol. The second-order valence-corrected chi connectivity index (χ2v) is 7.33. The van der Waals surface area contributed by atoms with Crippen LogP contribution in [0.5, 0.6) is 11.5 Å². The summed E-state index contributed by atoms with van der Waals surface area (Å²) in [6.07, 6.45) is 0. The second-order valence-electron chi connectivity index (χ2n) is 6.92. The van der Waals surface area contributed by atoms with Gasteiger partial charge in [0.2, 0.25) is 0 Å². The lowest BCUT2D eigenvalue weighted by molar-refractivity contribution is 0.0695. The highest BCUT2D eigenvalue weighted by Crippen LogP contribution is 2.24. The van der Waals surface area contributed by atoms with Crippen LogP contribution in [0.3, 0.4) is 0 Å². The molecule has 0 aliphatic heterocycles. The normalized spacial score (nSPS) is 10.4. The van der Waals surface area contributed by atoms with E-state index in [4.69, 9.17) is 26.2 Å². The molecule has 6 nitrogen and oxygen atoms in total. The molecule has 160 valence electrons. The molecule has 0 atom stereocenters. The van der Waals surface area contributed by atoms with E-state index in [1.165, 1.54) is 6.07 Å². The number of hydrogen-bond donors (Lipinski definition) is 2. The molecule has 2 N–H and O–H groups in total. The molecule has 0 aliphatic rings. The molecule has 7 heteroatoms. The van der Waals surface area contributed by atoms with Crippen molar-refractivity contribution in [2.24, 2.45) is 0 Å². The molecule has 3 rings (SSSR count). The molecule has 0 spiro atoms. The van der Waals surface area contributed by atoms with Gasteiger partial charge in [-0.3, -0.25) is 4.79 Å². The number of halogens is 1. The second kappa shape index (κ2) is 10.00. The van der Waals surface area contributed by atoms with Crippen LogP contribution in [0, 0.1) is 6.92 Å². The Morgan fingerprint density at radius 2 is 1.77 bits per heavy atom. The Labute approximate surface area is 185 Å². The maximum Gasteiger partial charge on any atom is 0.335 e. The number of methoxy groups -OCH3 is 1. The average Bonchev–Trinajstić information content (AvgIpc) is 2.76. The van der Waals surface area contributed by atoms with Crippen molar-refractivity contribution < 1.29 is 24.2 Å². The third-order valence-electron chi connectivity index (χ3n) is 4.70. The Morgan fingerprint density at radius 3 is 2.48 bits per heavy atom. The third-order valence-corrected chi connectivity index (χ3v) is 5.03. The topological polar surface area (TPSA) is 84.9 Å². The Bertz CT molecular complexity index is 1110. The first-order chi connectivity index (χ1) is 14.9. The zero-order valence-corrected chi connectivity index (χ0v) is 17.9. The van der Waals surface area contributed by atoms with Crippen molar-refractivity contribution in [3.63, 3.8) is 0 Å². The summed E-state index contributed by atoms with van der Waals surface area (Å²) in [6, 6.07) is 17.4. The molecule has 0 aliphatic carbocycles. The highest BCUT2D eigenvalue weighted by molar-refractivity contribution is 6.33. The molecule has 0 bridgehead atoms. The van der Waals surface area contributed by atoms with E-state index in [0.29, 0.717) is 28.5 Å². The monoisotopic (exact) mass is 439 g/mol. The summed E-state index contributed by atoms with van der Waals surface area (Å²) in [4.78, 5) is 23.8. The van der Waals surface area contributed by atoms with E-state index in [-0.39, 0.29) is 18.0 Å². The highest BCUT2D eigenvalue weighted by atomic mass is 35.5. The number of hydrogen-bond acceptors (Lipinski definition) is 4. The number of aryl methyl sites for hydroxylation is 1. The van der Waals surface area contributed by atoms with Gasteiger partial charge in [-0.25, -0.2) is 4.79 Å². The summed E-state index contributed by atoms with van der Waals surface area (Å²) in [5, 5.41) is 12.2. The predicted molar refractivity (Wildman–Crippen MR) is 118 cm³/mol. The molecular weight excluding hydrogens is 418 g/mol. The zero-order chi connectivity index (χ0) is 22.4. The maximum atomic E-state index is 12.6. The Morgan fingerprint density at radius 1 is 0.968 bits per heavy atom. The number of carboxylic acids is 1. The van der Waals surface area contributed by atoms with Crippen LogP contribution in [0.25, 0.3) is 0 Å². The lowest BCUT2D eigenvalue weighted by atomic mass is 10.1. The van der Waals surface area contributed by atoms with E-state index < -0.39 is 5.97 Å². The minimum Gasteiger partial charge on any atom is -0.497 e. The fourth-order valence-electron chi connectivity index (χ4n) is 3.05. The largest absolute Gasteiger partial charge is 0.497 e. The van der Waals surface area contributed by atoms with E-state index in [9.17, 15) is 9.59 Å². The first-order valence-electron chi connectivity index (χ1n) is 9.53. The van der Waals surface area contributed by atoms with Crippen LogP contribution in [0.4, 0.5) is 0 Å². The van der Waals surface area contributed by atoms with Gasteiger partial charge in [-0.1, -0.05) is 35.9 Å². The standard InChI is InChI=1S/C24H22ClNO5/c1-15-10-16(6-8-20(15)24(28)29)13-26-23(27)21-12-19(7-9-22(21)25)31-14-17-4-3-5-18(11-17)30-2/h3-12H,13-14H2,1-2H3,(H,26,27)(H,28,29). The Kier molecular flexibility index (Phi) is 7.15. The molecule has 0 radical (unpaired) electrons. The minimum absolute atomic E-state index is 0.235. The molecule has 0 unspecified atom stereocenters. The number of carbonyl (C=O) groups excluding carboxylic acids is 1. The lowest BCUT2D eigenvalue weighted by Gasteiger charge is -2.11. The SMILES string of the molecule is COc1cccc(COc2ccc(Cl)c(C(=O)NCc3ccc(C(=O)O)c(C)c3)c2)c1. The van der Waals surface area contributed by atoms with Gasteiger partial charge in [0.15, 0.2) is 0 Å². The molecule has 3 aromatic rings. The lowest BCUT2D eigenvalue weighted by Crippen LogP contribution is -2.23. The van der Waals surface area contributed by atoms with Crippen LogP contribution in [0.1, 0.15) is 37.4 Å². The minimum atomic E-state index is -0.981. The van der Waals surface area contributed by atoms with Gasteiger partial charge >= 0.3 is 5.97 Å². The van der Waals surface area contributed by atoms with Crippen molar-refractivity contribution in [1.82, 2.24) is 5.32 Å². The van der Waals surface area contributed by atoms with Gasteiger partial charge in [0, 0.05) is 6.54 Å². The quantitative estimate of drug-likeness (QED) is 0.523. The number of carbonyl (C=O) groups is 2. The zero-order valence-electron chi connectivity index (χ0n) is 17.1. The Hall–Kier alpha value is -3.51. The third kappa shape index (κ3) is 5.77. The maximum absolute atomic E-state index is 12.6. The molecule has 0 saturated carbocycles. The first-order valence-corrected chi connectivity index (χ1v) is 9.91. The number of carboxylic acid groups (broad SMARTS) is 1. The van der Waals surface area contributed by atoms with Crippen LogP contribution < -0.4 is 14.8 Å². The van der Waals surface area contributed by atoms with Crippen molar-refractivity contribution in [3.05, 3.63) is 93.5 Å². The van der Waals surface area contributed by atoms with Crippen LogP contribution in [-0.2, 0) is 13.2 Å². The fourth-order valence-corrected chi connectivity index (χ4v) is 3.25. The Balaban J connectivity index is 1.65. The van der Waals surface area contributed by atoms with Gasteiger partial charge in [-0.2, -0.15) is 0 Å². The predicted octanol–water partition coefficient (Wildman–Crippen LogP) is 4.86. The first kappa shape index (κ1) is 22.2. The van der Waals surface area contributed by atoms with E-state index >= 15 is 0 Å². The number of ether oxygens (including phenoxy) is 2. The van der Waals surface area contributed by atoms with Crippen molar-refractivity contribution in [2.75, 3.05) is 7.11 Å². The van der Waals surface area contributed by atoms with Crippen molar-refractivity contribution in [3.8, 4) is 11.5 Å². The van der Waals surface area contributed by atoms with E-state index in [1.807, 2.05) is 24.3 Å². The summed E-state index contributed by atoms with van der Waals surface area (Å²) in [7, 11) is 1.60. The number of nitrogens with one attached hydrogen (secondary N) is 1. The van der Waals surface area contributed by atoms with Crippen LogP contribution >= 0.6 is 11.6 Å². The van der Waals surface area contributed by atoms with Gasteiger partial charge < -0.3 is 19.9 Å². The van der Waals surface area contributed by atoms with Crippen LogP contribution in [-0.4, -0.2) is 24.1 Å². The van der Waals surface area contributed by atoms with E-state index in [1.54, 1.807) is 44.4 Å². The summed E-state index contributed by atoms with van der Waals surface area (Å²) in [5.41, 5.74) is 2.88. The number of benzene rings is 3. The number of rotatable bonds is 8. The summed E-state index contributed by atoms with van der Waals surface area (Å²) >= 11 is 6.21. The molecular formula is C24H22ClNO5. The molecule has 0 heterocycles. The molecule has 0 saturated heterocycles. The number of aromatic carboxylic acids is 1. The van der Waals surface area contributed by atoms with Crippen LogP contribution in [0.15, 0.2) is 60.7 Å². The van der Waals surface area contributed by atoms with Gasteiger partial charge in [0.05, 0.1) is 23.3 Å². The van der Waals surface area contributed by atoms with E-state index in [0.717, 1.165) is 16.9 Å². The van der Waals surface area contributed by atoms with Crippen molar-refractivity contribution in [1.29, 1.82) is 0 Å². The van der Waals surface area contributed by atoms with Gasteiger partial charge in [-0.05, 0) is 60.0 Å². The molecule has 0 fully saturated rings. The van der Waals surface area contributed by atoms with Gasteiger partial charge in [0.1, 0.15) is 18.1 Å². The van der Waals surface area contributed by atoms with Crippen molar-refractivity contribution >= 4 is 23.5 Å². The fraction of sp³-hybridized carbons (Fsp3) is 0.167. The van der Waals surface area contributed by atoms with Crippen molar-refractivity contribution in [2.45, 2.75) is 20.1 Å². The number of amides is 1. The van der Waals surface area contributed by atoms with Crippen LogP contribution in [0.2, 0.25) is 5.02 Å². The van der Waals surface area contributed by atoms with Gasteiger partial charge in [-0.15, -0.1) is 0 Å². The molecule has 31 heavy (non-hydrogen) atoms.